The van der Waals surface area contributed by atoms with Crippen molar-refractivity contribution in [3.05, 3.63) is 32.5 Å². The number of anilines is 1. The van der Waals surface area contributed by atoms with E-state index < -0.39 is 6.09 Å². The number of carbonyl (C=O) groups is 1. The van der Waals surface area contributed by atoms with Crippen molar-refractivity contribution in [3.63, 3.8) is 0 Å². The standard InChI is InChI=1S/C19H19BrN4O4/c1-9-13(20)5-4-12-15(9)24(11-2-3-11)17(25)14-16(12)28-18(22-14)23-7-6-10(8-23)21-19(26)27/h4-5,10-11,21H,2-3,6-8H2,1H3,(H,26,27)/t10-/m0/s1. The highest BCUT2D eigenvalue weighted by atomic mass is 79.9. The van der Waals surface area contributed by atoms with Gasteiger partial charge < -0.3 is 24.3 Å². The molecule has 1 amide bonds. The Kier molecular flexibility index (Phi) is 3.90. The fourth-order valence-electron chi connectivity index (χ4n) is 4.06. The molecule has 1 aromatic carbocycles. The molecule has 2 fully saturated rings. The third-order valence-electron chi connectivity index (χ3n) is 5.59. The van der Waals surface area contributed by atoms with Crippen LogP contribution in [0.3, 0.4) is 0 Å². The third kappa shape index (κ3) is 2.68. The van der Waals surface area contributed by atoms with Gasteiger partial charge in [0.1, 0.15) is 0 Å². The van der Waals surface area contributed by atoms with Gasteiger partial charge in [0.05, 0.1) is 11.6 Å². The van der Waals surface area contributed by atoms with Crippen molar-refractivity contribution < 1.29 is 14.3 Å². The van der Waals surface area contributed by atoms with Crippen molar-refractivity contribution in [2.45, 2.75) is 38.3 Å². The van der Waals surface area contributed by atoms with Gasteiger partial charge in [-0.15, -0.1) is 0 Å². The van der Waals surface area contributed by atoms with Crippen molar-refractivity contribution in [2.75, 3.05) is 18.0 Å². The summed E-state index contributed by atoms with van der Waals surface area (Å²) in [5.74, 6) is 0. The second-order valence-electron chi connectivity index (χ2n) is 7.53. The van der Waals surface area contributed by atoms with Gasteiger partial charge in [0.15, 0.2) is 11.1 Å². The predicted molar refractivity (Wildman–Crippen MR) is 108 cm³/mol. The maximum atomic E-state index is 13.2. The van der Waals surface area contributed by atoms with Gasteiger partial charge in [0, 0.05) is 29.0 Å². The Morgan fingerprint density at radius 3 is 2.86 bits per heavy atom. The molecule has 2 aromatic heterocycles. The molecule has 1 aliphatic carbocycles. The molecule has 3 heterocycles. The lowest BCUT2D eigenvalue weighted by Crippen LogP contribution is -2.36. The van der Waals surface area contributed by atoms with Crippen LogP contribution in [0.15, 0.2) is 25.8 Å². The van der Waals surface area contributed by atoms with E-state index in [1.807, 2.05) is 28.5 Å². The molecule has 0 bridgehead atoms. The summed E-state index contributed by atoms with van der Waals surface area (Å²) in [7, 11) is 0. The summed E-state index contributed by atoms with van der Waals surface area (Å²) in [6, 6.07) is 4.33. The number of benzene rings is 1. The van der Waals surface area contributed by atoms with E-state index in [4.69, 9.17) is 9.52 Å². The Morgan fingerprint density at radius 1 is 1.36 bits per heavy atom. The first-order valence-electron chi connectivity index (χ1n) is 9.32. The van der Waals surface area contributed by atoms with Gasteiger partial charge in [-0.1, -0.05) is 15.9 Å². The number of amides is 1. The van der Waals surface area contributed by atoms with Crippen molar-refractivity contribution in [2.24, 2.45) is 0 Å². The molecule has 0 spiro atoms. The number of nitrogens with one attached hydrogen (secondary N) is 1. The van der Waals surface area contributed by atoms with Crippen molar-refractivity contribution >= 4 is 50.0 Å². The summed E-state index contributed by atoms with van der Waals surface area (Å²) >= 11 is 3.57. The minimum Gasteiger partial charge on any atom is -0.465 e. The highest BCUT2D eigenvalue weighted by Gasteiger charge is 2.32. The molecule has 146 valence electrons. The maximum absolute atomic E-state index is 13.2. The van der Waals surface area contributed by atoms with E-state index in [0.717, 1.165) is 33.8 Å². The van der Waals surface area contributed by atoms with Crippen LogP contribution in [0.25, 0.3) is 22.0 Å². The van der Waals surface area contributed by atoms with Crippen LogP contribution in [0.2, 0.25) is 0 Å². The Balaban J connectivity index is 1.67. The zero-order valence-corrected chi connectivity index (χ0v) is 16.8. The number of aryl methyl sites for hydroxylation is 1. The first-order chi connectivity index (χ1) is 13.4. The summed E-state index contributed by atoms with van der Waals surface area (Å²) in [4.78, 5) is 30.5. The average molecular weight is 447 g/mol. The maximum Gasteiger partial charge on any atom is 0.404 e. The van der Waals surface area contributed by atoms with Crippen LogP contribution in [0.4, 0.5) is 10.8 Å². The molecule has 1 aliphatic heterocycles. The van der Waals surface area contributed by atoms with Crippen LogP contribution >= 0.6 is 15.9 Å². The lowest BCUT2D eigenvalue weighted by Gasteiger charge is -2.13. The van der Waals surface area contributed by atoms with Crippen LogP contribution in [-0.4, -0.2) is 39.9 Å². The second-order valence-corrected chi connectivity index (χ2v) is 8.38. The third-order valence-corrected chi connectivity index (χ3v) is 6.45. The van der Waals surface area contributed by atoms with E-state index in [-0.39, 0.29) is 17.6 Å². The largest absolute Gasteiger partial charge is 0.465 e. The van der Waals surface area contributed by atoms with E-state index in [2.05, 4.69) is 26.2 Å². The topological polar surface area (TPSA) is 101 Å². The molecule has 1 saturated heterocycles. The molecule has 2 N–H and O–H groups in total. The number of fused-ring (bicyclic) bond motifs is 3. The lowest BCUT2D eigenvalue weighted by atomic mass is 10.1. The number of carboxylic acid groups (broad SMARTS) is 1. The number of pyridine rings is 1. The molecule has 9 heteroatoms. The molecular weight excluding hydrogens is 428 g/mol. The van der Waals surface area contributed by atoms with Gasteiger partial charge in [-0.25, -0.2) is 4.79 Å². The molecule has 8 nitrogen and oxygen atoms in total. The predicted octanol–water partition coefficient (Wildman–Crippen LogP) is 3.39. The minimum absolute atomic E-state index is 0.124. The number of nitrogens with zero attached hydrogens (tertiary/aromatic N) is 3. The highest BCUT2D eigenvalue weighted by molar-refractivity contribution is 9.10. The Morgan fingerprint density at radius 2 is 2.14 bits per heavy atom. The van der Waals surface area contributed by atoms with Gasteiger partial charge >= 0.3 is 6.09 Å². The van der Waals surface area contributed by atoms with Crippen LogP contribution in [0.1, 0.15) is 30.9 Å². The zero-order chi connectivity index (χ0) is 19.6. The normalized spacial score (nSPS) is 19.6. The van der Waals surface area contributed by atoms with E-state index in [9.17, 15) is 9.59 Å². The number of hydrogen-bond donors (Lipinski definition) is 2. The molecule has 3 aromatic rings. The Hall–Kier alpha value is -2.55. The SMILES string of the molecule is Cc1c(Br)ccc2c3oc(N4CC[C@H](NC(=O)O)C4)nc3c(=O)n(C3CC3)c12. The highest BCUT2D eigenvalue weighted by Crippen LogP contribution is 2.40. The fraction of sp³-hybridized carbons (Fsp3) is 0.421. The molecule has 5 rings (SSSR count). The first-order valence-corrected chi connectivity index (χ1v) is 10.1. The molecule has 2 aliphatic rings. The summed E-state index contributed by atoms with van der Waals surface area (Å²) in [5.41, 5.74) is 2.61. The summed E-state index contributed by atoms with van der Waals surface area (Å²) in [5, 5.41) is 12.3. The van der Waals surface area contributed by atoms with Gasteiger partial charge in [0.2, 0.25) is 0 Å². The van der Waals surface area contributed by atoms with Crippen molar-refractivity contribution in [1.82, 2.24) is 14.9 Å². The minimum atomic E-state index is -1.04. The quantitative estimate of drug-likeness (QED) is 0.639. The molecule has 1 atom stereocenters. The van der Waals surface area contributed by atoms with Crippen molar-refractivity contribution in [1.29, 1.82) is 0 Å². The van der Waals surface area contributed by atoms with Crippen LogP contribution in [-0.2, 0) is 0 Å². The van der Waals surface area contributed by atoms with Gasteiger partial charge in [0.25, 0.3) is 11.6 Å². The van der Waals surface area contributed by atoms with Gasteiger partial charge in [-0.3, -0.25) is 4.79 Å². The fourth-order valence-corrected chi connectivity index (χ4v) is 4.38. The van der Waals surface area contributed by atoms with Crippen molar-refractivity contribution in [3.8, 4) is 0 Å². The molecule has 28 heavy (non-hydrogen) atoms. The smallest absolute Gasteiger partial charge is 0.404 e. The Bertz CT molecular complexity index is 1180. The molecule has 0 radical (unpaired) electrons. The number of halogens is 1. The van der Waals surface area contributed by atoms with Gasteiger partial charge in [-0.05, 0) is 43.9 Å². The van der Waals surface area contributed by atoms with E-state index in [1.165, 1.54) is 0 Å². The average Bonchev–Trinajstić information content (AvgIpc) is 3.20. The van der Waals surface area contributed by atoms with Gasteiger partial charge in [-0.2, -0.15) is 4.98 Å². The summed E-state index contributed by atoms with van der Waals surface area (Å²) in [6.45, 7) is 3.09. The zero-order valence-electron chi connectivity index (χ0n) is 15.2. The summed E-state index contributed by atoms with van der Waals surface area (Å²) < 4.78 is 8.88. The molecule has 0 unspecified atom stereocenters. The lowest BCUT2D eigenvalue weighted by molar-refractivity contribution is 0.191. The molecular formula is C19H19BrN4O4. The second kappa shape index (κ2) is 6.23. The van der Waals surface area contributed by atoms with E-state index in [0.29, 0.717) is 36.6 Å². The summed E-state index contributed by atoms with van der Waals surface area (Å²) in [6.07, 6.45) is 1.62. The number of aromatic nitrogens is 2. The Labute approximate surface area is 168 Å². The first kappa shape index (κ1) is 17.5. The number of oxazole rings is 1. The van der Waals surface area contributed by atoms with E-state index >= 15 is 0 Å². The van der Waals surface area contributed by atoms with E-state index in [1.54, 1.807) is 0 Å². The van der Waals surface area contributed by atoms with Crippen LogP contribution in [0.5, 0.6) is 0 Å². The van der Waals surface area contributed by atoms with Crippen LogP contribution in [0, 0.1) is 6.92 Å². The monoisotopic (exact) mass is 446 g/mol. The molecule has 1 saturated carbocycles. The van der Waals surface area contributed by atoms with Crippen LogP contribution < -0.4 is 15.8 Å². The number of rotatable bonds is 3. The number of hydrogen-bond acceptors (Lipinski definition) is 5.